The van der Waals surface area contributed by atoms with Gasteiger partial charge in [0.05, 0.1) is 95.5 Å². The highest BCUT2D eigenvalue weighted by Gasteiger charge is 2.34. The highest BCUT2D eigenvalue weighted by atomic mass is 16.5. The molecule has 1 aromatic rings. The van der Waals surface area contributed by atoms with Gasteiger partial charge < -0.3 is 42.6 Å². The molecule has 1 aromatic heterocycles. The van der Waals surface area contributed by atoms with E-state index >= 15 is 0 Å². The minimum absolute atomic E-state index is 0.0288. The number of rotatable bonds is 36. The third kappa shape index (κ3) is 18.1. The van der Waals surface area contributed by atoms with E-state index in [-0.39, 0.29) is 37.9 Å². The normalized spacial score (nSPS) is 11.8. The van der Waals surface area contributed by atoms with Crippen LogP contribution in [0.15, 0.2) is 75.9 Å². The molecule has 0 amide bonds. The van der Waals surface area contributed by atoms with Crippen molar-refractivity contribution >= 4 is 0 Å². The van der Waals surface area contributed by atoms with Crippen molar-refractivity contribution in [3.8, 4) is 18.0 Å². The SMILES string of the molecule is C=CCOCC(CC)(COCC=C)COc1nc(OCC(CC)(COCC=C)COCC=C)nc(OCC(CC)(COCC=C)COCC=C)n1. The summed E-state index contributed by atoms with van der Waals surface area (Å²) in [5, 5.41) is 0. The zero-order valence-electron chi connectivity index (χ0n) is 31.5. The monoisotopic (exact) mass is 717 g/mol. The molecule has 0 aliphatic heterocycles. The van der Waals surface area contributed by atoms with E-state index in [4.69, 9.17) is 42.6 Å². The predicted octanol–water partition coefficient (Wildman–Crippen LogP) is 6.41. The topological polar surface area (TPSA) is 122 Å². The Morgan fingerprint density at radius 1 is 0.373 bits per heavy atom. The zero-order chi connectivity index (χ0) is 37.7. The maximum absolute atomic E-state index is 6.26. The lowest BCUT2D eigenvalue weighted by Crippen LogP contribution is -2.39. The third-order valence-electron chi connectivity index (χ3n) is 8.21. The minimum atomic E-state index is -0.509. The van der Waals surface area contributed by atoms with Gasteiger partial charge >= 0.3 is 18.0 Å². The van der Waals surface area contributed by atoms with Crippen LogP contribution in [0.25, 0.3) is 0 Å². The molecule has 0 aromatic carbocycles. The summed E-state index contributed by atoms with van der Waals surface area (Å²) in [7, 11) is 0. The van der Waals surface area contributed by atoms with Crippen molar-refractivity contribution in [2.45, 2.75) is 40.0 Å². The van der Waals surface area contributed by atoms with Gasteiger partial charge in [0.2, 0.25) is 0 Å². The van der Waals surface area contributed by atoms with Crippen molar-refractivity contribution in [3.63, 3.8) is 0 Å². The van der Waals surface area contributed by atoms with Crippen molar-refractivity contribution in [1.29, 1.82) is 0 Å². The predicted molar refractivity (Wildman–Crippen MR) is 201 cm³/mol. The Morgan fingerprint density at radius 3 is 0.725 bits per heavy atom. The fourth-order valence-electron chi connectivity index (χ4n) is 4.61. The fourth-order valence-corrected chi connectivity index (χ4v) is 4.61. The molecule has 0 spiro atoms. The molecule has 12 nitrogen and oxygen atoms in total. The molecule has 1 heterocycles. The smallest absolute Gasteiger partial charge is 0.325 e. The minimum Gasteiger partial charge on any atom is -0.462 e. The quantitative estimate of drug-likeness (QED) is 0.0563. The first-order valence-corrected chi connectivity index (χ1v) is 17.5. The number of ether oxygens (including phenoxy) is 9. The number of hydrogen-bond donors (Lipinski definition) is 0. The number of nitrogens with zero attached hydrogens (tertiary/aromatic N) is 3. The molecule has 0 radical (unpaired) electrons. The first-order chi connectivity index (χ1) is 24.8. The molecular weight excluding hydrogens is 654 g/mol. The average Bonchev–Trinajstić information content (AvgIpc) is 3.15. The van der Waals surface area contributed by atoms with Crippen LogP contribution < -0.4 is 14.2 Å². The fraction of sp³-hybridized carbons (Fsp3) is 0.615. The van der Waals surface area contributed by atoms with E-state index in [1.54, 1.807) is 36.5 Å². The first kappa shape index (κ1) is 45.6. The number of hydrogen-bond acceptors (Lipinski definition) is 12. The van der Waals surface area contributed by atoms with Crippen LogP contribution >= 0.6 is 0 Å². The van der Waals surface area contributed by atoms with E-state index in [0.717, 1.165) is 0 Å². The summed E-state index contributed by atoms with van der Waals surface area (Å²) in [6, 6.07) is 0.0864. The summed E-state index contributed by atoms with van der Waals surface area (Å²) >= 11 is 0. The Bertz CT molecular complexity index is 955. The molecule has 0 atom stereocenters. The molecule has 0 bridgehead atoms. The van der Waals surface area contributed by atoms with Gasteiger partial charge in [-0.2, -0.15) is 0 Å². The Balaban J connectivity index is 3.49. The van der Waals surface area contributed by atoms with Gasteiger partial charge in [0, 0.05) is 0 Å². The summed E-state index contributed by atoms with van der Waals surface area (Å²) in [5.41, 5.74) is -1.53. The van der Waals surface area contributed by atoms with Gasteiger partial charge in [-0.3, -0.25) is 0 Å². The third-order valence-corrected chi connectivity index (χ3v) is 8.21. The molecule has 0 saturated carbocycles. The van der Waals surface area contributed by atoms with Crippen LogP contribution in [0.3, 0.4) is 0 Å². The van der Waals surface area contributed by atoms with Gasteiger partial charge in [-0.15, -0.1) is 54.4 Å². The second-order valence-electron chi connectivity index (χ2n) is 12.4. The van der Waals surface area contributed by atoms with Crippen LogP contribution in [0.1, 0.15) is 40.0 Å². The number of aromatic nitrogens is 3. The zero-order valence-corrected chi connectivity index (χ0v) is 31.5. The van der Waals surface area contributed by atoms with Crippen molar-refractivity contribution < 1.29 is 42.6 Å². The Hall–Kier alpha value is -3.39. The van der Waals surface area contributed by atoms with E-state index in [1.165, 1.54) is 0 Å². The molecule has 0 N–H and O–H groups in total. The first-order valence-electron chi connectivity index (χ1n) is 17.5. The molecule has 0 saturated heterocycles. The summed E-state index contributed by atoms with van der Waals surface area (Å²) in [6.07, 6.45) is 12.3. The molecule has 0 aliphatic rings. The van der Waals surface area contributed by atoms with Gasteiger partial charge in [0.25, 0.3) is 0 Å². The van der Waals surface area contributed by atoms with Crippen LogP contribution in [0.4, 0.5) is 0 Å². The van der Waals surface area contributed by atoms with Crippen molar-refractivity contribution in [1.82, 2.24) is 15.0 Å². The Morgan fingerprint density at radius 2 is 0.569 bits per heavy atom. The van der Waals surface area contributed by atoms with Gasteiger partial charge in [0.15, 0.2) is 0 Å². The standard InChI is InChI=1S/C39H63N3O9/c1-10-19-43-25-37(16-7,26-44-20-11-2)31-49-34-40-35(50-32-38(17-8,27-45-21-12-3)28-46-22-13-4)42-36(41-34)51-33-39(18-9,29-47-23-14-5)30-48-24-15-6/h10-15H,1-6,16-33H2,7-9H3. The van der Waals surface area contributed by atoms with Crippen LogP contribution in [0.2, 0.25) is 0 Å². The van der Waals surface area contributed by atoms with E-state index < -0.39 is 16.2 Å². The largest absolute Gasteiger partial charge is 0.462 e. The maximum Gasteiger partial charge on any atom is 0.325 e. The van der Waals surface area contributed by atoms with Gasteiger partial charge in [-0.25, -0.2) is 0 Å². The maximum atomic E-state index is 6.26. The van der Waals surface area contributed by atoms with Gasteiger partial charge in [0.1, 0.15) is 19.8 Å². The lowest BCUT2D eigenvalue weighted by molar-refractivity contribution is -0.0432. The molecule has 0 unspecified atom stereocenters. The van der Waals surface area contributed by atoms with Crippen LogP contribution in [0, 0.1) is 16.2 Å². The van der Waals surface area contributed by atoms with Crippen molar-refractivity contribution in [2.24, 2.45) is 16.2 Å². The molecule has 51 heavy (non-hydrogen) atoms. The lowest BCUT2D eigenvalue weighted by Gasteiger charge is -2.32. The molecule has 0 aliphatic carbocycles. The lowest BCUT2D eigenvalue weighted by atomic mass is 9.88. The summed E-state index contributed by atoms with van der Waals surface area (Å²) in [4.78, 5) is 13.6. The summed E-state index contributed by atoms with van der Waals surface area (Å²) in [6.45, 7) is 33.8. The van der Waals surface area contributed by atoms with Crippen LogP contribution in [0.5, 0.6) is 18.0 Å². The Kier molecular flexibility index (Phi) is 24.4. The van der Waals surface area contributed by atoms with Crippen molar-refractivity contribution in [2.75, 3.05) is 99.1 Å². The van der Waals surface area contributed by atoms with Crippen LogP contribution in [-0.4, -0.2) is 114 Å². The second kappa shape index (κ2) is 27.3. The van der Waals surface area contributed by atoms with Crippen molar-refractivity contribution in [3.05, 3.63) is 75.9 Å². The highest BCUT2D eigenvalue weighted by Crippen LogP contribution is 2.29. The average molecular weight is 718 g/mol. The Labute approximate surface area is 306 Å². The van der Waals surface area contributed by atoms with Crippen LogP contribution in [-0.2, 0) is 28.4 Å². The van der Waals surface area contributed by atoms with Gasteiger partial charge in [-0.05, 0) is 19.3 Å². The summed E-state index contributed by atoms with van der Waals surface area (Å²) < 4.78 is 54.0. The second-order valence-corrected chi connectivity index (χ2v) is 12.4. The van der Waals surface area contributed by atoms with E-state index in [2.05, 4.69) is 75.2 Å². The van der Waals surface area contributed by atoms with E-state index in [9.17, 15) is 0 Å². The van der Waals surface area contributed by atoms with E-state index in [0.29, 0.717) is 98.5 Å². The highest BCUT2D eigenvalue weighted by molar-refractivity contribution is 5.10. The molecule has 0 fully saturated rings. The molecule has 288 valence electrons. The summed E-state index contributed by atoms with van der Waals surface area (Å²) in [5.74, 6) is 0. The molecular formula is C39H63N3O9. The van der Waals surface area contributed by atoms with E-state index in [1.807, 2.05) is 0 Å². The van der Waals surface area contributed by atoms with Gasteiger partial charge in [-0.1, -0.05) is 57.2 Å². The molecule has 12 heteroatoms. The molecule has 1 rings (SSSR count).